The second-order valence-electron chi connectivity index (χ2n) is 4.16. The average molecular weight is 398 g/mol. The number of alkyl halides is 1. The van der Waals surface area contributed by atoms with Crippen LogP contribution in [0.25, 0.3) is 0 Å². The van der Waals surface area contributed by atoms with Crippen molar-refractivity contribution >= 4 is 46.3 Å². The Kier molecular flexibility index (Phi) is 10.9. The fourth-order valence-electron chi connectivity index (χ4n) is 1.36. The van der Waals surface area contributed by atoms with Crippen LogP contribution in [0.5, 0.6) is 0 Å². The van der Waals surface area contributed by atoms with Crippen LogP contribution in [0.15, 0.2) is 0 Å². The van der Waals surface area contributed by atoms with E-state index in [2.05, 4.69) is 10.6 Å². The maximum Gasteiger partial charge on any atom is 0.303 e. The molecule has 0 spiro atoms. The minimum atomic E-state index is -0.753. The summed E-state index contributed by atoms with van der Waals surface area (Å²) in [6.07, 6.45) is 3.37. The summed E-state index contributed by atoms with van der Waals surface area (Å²) in [5.74, 6) is -1.01. The number of rotatable bonds is 7. The fraction of sp³-hybridized carbons (Fsp3) is 0.667. The Hall–Kier alpha value is -1.19. The molecule has 7 nitrogen and oxygen atoms in total. The number of hydrogen-bond acceptors (Lipinski definition) is 4. The molecule has 0 radical (unpaired) electrons. The highest BCUT2D eigenvalue weighted by Crippen LogP contribution is 1.98. The van der Waals surface area contributed by atoms with Crippen LogP contribution < -0.4 is 10.6 Å². The highest BCUT2D eigenvalue weighted by atomic mass is 127. The molecule has 1 heterocycles. The van der Waals surface area contributed by atoms with Gasteiger partial charge in [-0.25, -0.2) is 0 Å². The summed E-state index contributed by atoms with van der Waals surface area (Å²) in [6, 6.07) is 0. The van der Waals surface area contributed by atoms with Crippen LogP contribution >= 0.6 is 22.6 Å². The van der Waals surface area contributed by atoms with Gasteiger partial charge in [-0.2, -0.15) is 0 Å². The first kappa shape index (κ1) is 18.8. The van der Waals surface area contributed by atoms with Crippen molar-refractivity contribution < 1.29 is 24.3 Å². The lowest BCUT2D eigenvalue weighted by Crippen LogP contribution is -2.25. The number of carbonyl (C=O) groups excluding carboxylic acids is 3. The van der Waals surface area contributed by atoms with Gasteiger partial charge in [0.25, 0.3) is 0 Å². The lowest BCUT2D eigenvalue weighted by molar-refractivity contribution is -0.137. The summed E-state index contributed by atoms with van der Waals surface area (Å²) >= 11 is 2.00. The van der Waals surface area contributed by atoms with Crippen molar-refractivity contribution in [2.24, 2.45) is 0 Å². The van der Waals surface area contributed by atoms with Gasteiger partial charge in [-0.1, -0.05) is 29.0 Å². The number of carbonyl (C=O) groups is 4. The van der Waals surface area contributed by atoms with Gasteiger partial charge in [0.1, 0.15) is 0 Å². The average Bonchev–Trinajstić information content (AvgIpc) is 2.77. The lowest BCUT2D eigenvalue weighted by Gasteiger charge is -2.01. The maximum absolute atomic E-state index is 10.7. The van der Waals surface area contributed by atoms with Crippen molar-refractivity contribution in [1.29, 1.82) is 0 Å². The predicted molar refractivity (Wildman–Crippen MR) is 80.4 cm³/mol. The van der Waals surface area contributed by atoms with E-state index in [-0.39, 0.29) is 24.1 Å². The first-order chi connectivity index (χ1) is 9.45. The molecule has 0 aromatic heterocycles. The van der Waals surface area contributed by atoms with E-state index in [9.17, 15) is 19.2 Å². The van der Waals surface area contributed by atoms with Crippen LogP contribution in [0.2, 0.25) is 0 Å². The minimum Gasteiger partial charge on any atom is -0.481 e. The molecule has 0 unspecified atom stereocenters. The Morgan fingerprint density at radius 2 is 1.75 bits per heavy atom. The number of amides is 3. The van der Waals surface area contributed by atoms with Gasteiger partial charge in [0, 0.05) is 25.8 Å². The molecule has 0 aromatic rings. The van der Waals surface area contributed by atoms with Crippen molar-refractivity contribution in [1.82, 2.24) is 10.6 Å². The Morgan fingerprint density at radius 1 is 1.15 bits per heavy atom. The molecule has 0 bridgehead atoms. The molecular weight excluding hydrogens is 379 g/mol. The molecule has 114 valence electrons. The normalized spacial score (nSPS) is 13.2. The van der Waals surface area contributed by atoms with Crippen LogP contribution in [0.1, 0.15) is 38.5 Å². The highest BCUT2D eigenvalue weighted by Gasteiger charge is 2.15. The van der Waals surface area contributed by atoms with Gasteiger partial charge in [0.2, 0.25) is 17.7 Å². The smallest absolute Gasteiger partial charge is 0.303 e. The van der Waals surface area contributed by atoms with E-state index in [4.69, 9.17) is 5.11 Å². The minimum absolute atomic E-state index is 0.0406. The lowest BCUT2D eigenvalue weighted by atomic mass is 10.2. The van der Waals surface area contributed by atoms with Crippen molar-refractivity contribution in [2.75, 3.05) is 11.0 Å². The van der Waals surface area contributed by atoms with E-state index in [1.807, 2.05) is 22.6 Å². The summed E-state index contributed by atoms with van der Waals surface area (Å²) in [5, 5.41) is 13.2. The molecule has 0 saturated carbocycles. The molecule has 20 heavy (non-hydrogen) atoms. The molecule has 0 aliphatic carbocycles. The maximum atomic E-state index is 10.7. The molecule has 0 atom stereocenters. The van der Waals surface area contributed by atoms with E-state index < -0.39 is 5.97 Å². The summed E-state index contributed by atoms with van der Waals surface area (Å²) in [5.41, 5.74) is 0. The monoisotopic (exact) mass is 398 g/mol. The molecule has 1 aliphatic rings. The quantitative estimate of drug-likeness (QED) is 0.252. The number of aliphatic carboxylic acids is 1. The second kappa shape index (κ2) is 11.6. The van der Waals surface area contributed by atoms with Gasteiger partial charge in [-0.3, -0.25) is 24.5 Å². The molecular formula is C12H19IN2O5. The first-order valence-electron chi connectivity index (χ1n) is 6.33. The molecule has 1 aliphatic heterocycles. The van der Waals surface area contributed by atoms with Crippen LogP contribution in [0.3, 0.4) is 0 Å². The number of hydrogen-bond donors (Lipinski definition) is 3. The standard InChI is InChI=1S/C8H14INO3.C4H5NO2/c9-6-7(11)10-5-3-1-2-4-8(12)13;6-3-1-2-4(7)5-3/h1-6H2,(H,10,11)(H,12,13);1-2H2,(H,5,6,7). The van der Waals surface area contributed by atoms with Gasteiger partial charge >= 0.3 is 5.97 Å². The third-order valence-electron chi connectivity index (χ3n) is 2.37. The Labute approximate surface area is 131 Å². The number of carboxylic acid groups (broad SMARTS) is 1. The summed E-state index contributed by atoms with van der Waals surface area (Å²) in [6.45, 7) is 0.654. The van der Waals surface area contributed by atoms with Gasteiger partial charge in [0.05, 0.1) is 4.43 Å². The third-order valence-corrected chi connectivity index (χ3v) is 3.06. The van der Waals surface area contributed by atoms with E-state index in [0.717, 1.165) is 12.8 Å². The van der Waals surface area contributed by atoms with Crippen LogP contribution in [-0.4, -0.2) is 39.8 Å². The summed E-state index contributed by atoms with van der Waals surface area (Å²) < 4.78 is 0.479. The van der Waals surface area contributed by atoms with Crippen LogP contribution in [0, 0.1) is 0 Å². The van der Waals surface area contributed by atoms with E-state index in [0.29, 0.717) is 30.2 Å². The Balaban J connectivity index is 0.000000428. The second-order valence-corrected chi connectivity index (χ2v) is 4.92. The van der Waals surface area contributed by atoms with Crippen molar-refractivity contribution in [3.63, 3.8) is 0 Å². The molecule has 3 amide bonds. The number of imide groups is 1. The molecule has 1 fully saturated rings. The van der Waals surface area contributed by atoms with Crippen LogP contribution in [0.4, 0.5) is 0 Å². The van der Waals surface area contributed by atoms with E-state index in [1.165, 1.54) is 0 Å². The summed E-state index contributed by atoms with van der Waals surface area (Å²) in [4.78, 5) is 41.1. The zero-order valence-electron chi connectivity index (χ0n) is 11.1. The number of unbranched alkanes of at least 4 members (excludes halogenated alkanes) is 2. The SMILES string of the molecule is O=C(O)CCCCCNC(=O)CI.O=C1CCC(=O)N1. The summed E-state index contributed by atoms with van der Waals surface area (Å²) in [7, 11) is 0. The molecule has 0 aromatic carbocycles. The number of nitrogens with one attached hydrogen (secondary N) is 2. The third kappa shape index (κ3) is 11.9. The van der Waals surface area contributed by atoms with Gasteiger partial charge in [-0.05, 0) is 12.8 Å². The Morgan fingerprint density at radius 3 is 2.15 bits per heavy atom. The van der Waals surface area contributed by atoms with Gasteiger partial charge in [0.15, 0.2) is 0 Å². The zero-order valence-corrected chi connectivity index (χ0v) is 13.3. The number of carboxylic acids is 1. The van der Waals surface area contributed by atoms with Gasteiger partial charge in [-0.15, -0.1) is 0 Å². The predicted octanol–water partition coefficient (Wildman–Crippen LogP) is 0.606. The molecule has 1 saturated heterocycles. The molecule has 1 rings (SSSR count). The highest BCUT2D eigenvalue weighted by molar-refractivity contribution is 14.1. The largest absolute Gasteiger partial charge is 0.481 e. The van der Waals surface area contributed by atoms with E-state index in [1.54, 1.807) is 0 Å². The van der Waals surface area contributed by atoms with Crippen molar-refractivity contribution in [3.05, 3.63) is 0 Å². The van der Waals surface area contributed by atoms with Crippen molar-refractivity contribution in [3.8, 4) is 0 Å². The van der Waals surface area contributed by atoms with Crippen LogP contribution in [-0.2, 0) is 19.2 Å². The van der Waals surface area contributed by atoms with Gasteiger partial charge < -0.3 is 10.4 Å². The molecule has 3 N–H and O–H groups in total. The topological polar surface area (TPSA) is 113 Å². The van der Waals surface area contributed by atoms with E-state index >= 15 is 0 Å². The Bertz CT molecular complexity index is 346. The fourth-order valence-corrected chi connectivity index (χ4v) is 1.63. The van der Waals surface area contributed by atoms with Crippen molar-refractivity contribution in [2.45, 2.75) is 38.5 Å². The first-order valence-corrected chi connectivity index (χ1v) is 7.85. The number of halogens is 1. The zero-order chi connectivity index (χ0) is 15.4. The molecule has 8 heteroatoms.